The first-order valence-corrected chi connectivity index (χ1v) is 12.4. The Morgan fingerprint density at radius 3 is 2.57 bits per heavy atom. The number of Topliss-reactive ketones (excluding diaryl/α,β-unsaturated/α-hetero) is 1. The average Bonchev–Trinajstić information content (AvgIpc) is 3.00. The standard InChI is InChI=1S/C28H38O2/c1-4-30-22-11-8-19(9-12-22)17-20-18-25-23-13-10-21-7-5-6-15-27(21,2)24(23)14-16-28(25,3)26(20)29/h8-9,11-12,17,21,23-25H,4-7,10,13-16,18H2,1-3H3/b20-17+/t21-,23+,24+,25+,27-,28-/m0/s1. The maximum atomic E-state index is 13.6. The maximum Gasteiger partial charge on any atom is 0.165 e. The fourth-order valence-electron chi connectivity index (χ4n) is 8.12. The van der Waals surface area contributed by atoms with Crippen LogP contribution in [0.2, 0.25) is 0 Å². The van der Waals surface area contributed by atoms with Crippen LogP contribution >= 0.6 is 0 Å². The third-order valence-electron chi connectivity index (χ3n) is 9.76. The molecule has 162 valence electrons. The molecule has 5 rings (SSSR count). The van der Waals surface area contributed by atoms with Crippen molar-refractivity contribution < 1.29 is 9.53 Å². The summed E-state index contributed by atoms with van der Waals surface area (Å²) >= 11 is 0. The topological polar surface area (TPSA) is 26.3 Å². The average molecular weight is 407 g/mol. The molecule has 0 aliphatic heterocycles. The van der Waals surface area contributed by atoms with Gasteiger partial charge in [-0.05, 0) is 110 Å². The van der Waals surface area contributed by atoms with Crippen LogP contribution in [0.5, 0.6) is 5.75 Å². The monoisotopic (exact) mass is 406 g/mol. The fourth-order valence-corrected chi connectivity index (χ4v) is 8.12. The molecule has 30 heavy (non-hydrogen) atoms. The maximum absolute atomic E-state index is 13.6. The zero-order valence-electron chi connectivity index (χ0n) is 19.1. The Balaban J connectivity index is 1.41. The highest BCUT2D eigenvalue weighted by Crippen LogP contribution is 2.66. The van der Waals surface area contributed by atoms with Gasteiger partial charge < -0.3 is 4.74 Å². The molecule has 4 aliphatic rings. The van der Waals surface area contributed by atoms with Gasteiger partial charge in [-0.3, -0.25) is 4.79 Å². The number of allylic oxidation sites excluding steroid dienone is 1. The first-order valence-electron chi connectivity index (χ1n) is 12.4. The summed E-state index contributed by atoms with van der Waals surface area (Å²) in [7, 11) is 0. The molecule has 1 aromatic rings. The summed E-state index contributed by atoms with van der Waals surface area (Å²) in [5, 5.41) is 0. The lowest BCUT2D eigenvalue weighted by molar-refractivity contribution is -0.137. The molecule has 4 fully saturated rings. The minimum atomic E-state index is -0.129. The number of carbonyl (C=O) groups excluding carboxylic acids is 1. The van der Waals surface area contributed by atoms with E-state index >= 15 is 0 Å². The van der Waals surface area contributed by atoms with Gasteiger partial charge in [0, 0.05) is 5.41 Å². The highest BCUT2D eigenvalue weighted by atomic mass is 16.5. The predicted molar refractivity (Wildman–Crippen MR) is 122 cm³/mol. The van der Waals surface area contributed by atoms with E-state index in [-0.39, 0.29) is 5.41 Å². The molecule has 0 saturated heterocycles. The number of hydrogen-bond donors (Lipinski definition) is 0. The Bertz CT molecular complexity index is 837. The van der Waals surface area contributed by atoms with E-state index in [0.29, 0.717) is 23.7 Å². The Morgan fingerprint density at radius 1 is 1.00 bits per heavy atom. The molecule has 2 nitrogen and oxygen atoms in total. The van der Waals surface area contributed by atoms with Crippen LogP contribution in [0, 0.1) is 34.5 Å². The van der Waals surface area contributed by atoms with Crippen molar-refractivity contribution in [2.45, 2.75) is 78.6 Å². The van der Waals surface area contributed by atoms with Crippen molar-refractivity contribution in [3.05, 3.63) is 35.4 Å². The van der Waals surface area contributed by atoms with Crippen molar-refractivity contribution in [1.82, 2.24) is 0 Å². The number of hydrogen-bond acceptors (Lipinski definition) is 2. The van der Waals surface area contributed by atoms with E-state index in [1.807, 2.05) is 19.1 Å². The lowest BCUT2D eigenvalue weighted by Gasteiger charge is -2.59. The smallest absolute Gasteiger partial charge is 0.165 e. The van der Waals surface area contributed by atoms with Crippen LogP contribution in [-0.2, 0) is 4.79 Å². The van der Waals surface area contributed by atoms with Crippen molar-refractivity contribution in [1.29, 1.82) is 0 Å². The van der Waals surface area contributed by atoms with E-state index in [4.69, 9.17) is 4.74 Å². The normalized spacial score (nSPS) is 41.8. The zero-order chi connectivity index (χ0) is 20.9. The first-order chi connectivity index (χ1) is 14.5. The molecular formula is C28H38O2. The number of fused-ring (bicyclic) bond motifs is 5. The summed E-state index contributed by atoms with van der Waals surface area (Å²) in [4.78, 5) is 13.6. The Hall–Kier alpha value is -1.57. The van der Waals surface area contributed by atoms with E-state index in [2.05, 4.69) is 32.1 Å². The van der Waals surface area contributed by atoms with Gasteiger partial charge in [0.25, 0.3) is 0 Å². The van der Waals surface area contributed by atoms with E-state index in [1.165, 1.54) is 44.9 Å². The summed E-state index contributed by atoms with van der Waals surface area (Å²) in [6.07, 6.45) is 14.0. The SMILES string of the molecule is CCOc1ccc(/C=C2\C[C@@H]3[C@@H]4CC[C@@H]5CCCC[C@]5(C)[C@@H]4CC[C@]3(C)C2=O)cc1. The summed E-state index contributed by atoms with van der Waals surface area (Å²) in [6, 6.07) is 8.22. The van der Waals surface area contributed by atoms with Crippen LogP contribution in [-0.4, -0.2) is 12.4 Å². The van der Waals surface area contributed by atoms with Gasteiger partial charge in [-0.25, -0.2) is 0 Å². The fraction of sp³-hybridized carbons (Fsp3) is 0.679. The Kier molecular flexibility index (Phi) is 5.11. The van der Waals surface area contributed by atoms with E-state index in [0.717, 1.165) is 47.5 Å². The lowest BCUT2D eigenvalue weighted by atomic mass is 9.45. The molecule has 0 aromatic heterocycles. The largest absolute Gasteiger partial charge is 0.494 e. The van der Waals surface area contributed by atoms with Crippen LogP contribution in [0.4, 0.5) is 0 Å². The highest BCUT2D eigenvalue weighted by Gasteiger charge is 2.60. The van der Waals surface area contributed by atoms with Crippen molar-refractivity contribution in [2.75, 3.05) is 6.61 Å². The Labute approximate surface area is 182 Å². The second-order valence-electron chi connectivity index (χ2n) is 11.1. The van der Waals surface area contributed by atoms with E-state index in [9.17, 15) is 4.79 Å². The zero-order valence-corrected chi connectivity index (χ0v) is 19.1. The molecule has 1 aromatic carbocycles. The van der Waals surface area contributed by atoms with Gasteiger partial charge in [0.1, 0.15) is 5.75 Å². The number of ether oxygens (including phenoxy) is 1. The molecule has 2 heteroatoms. The number of ketones is 1. The number of carbonyl (C=O) groups is 1. The van der Waals surface area contributed by atoms with E-state index < -0.39 is 0 Å². The van der Waals surface area contributed by atoms with Gasteiger partial charge in [0.2, 0.25) is 0 Å². The van der Waals surface area contributed by atoms with Gasteiger partial charge in [-0.2, -0.15) is 0 Å². The lowest BCUT2D eigenvalue weighted by Crippen LogP contribution is -2.52. The summed E-state index contributed by atoms with van der Waals surface area (Å²) in [6.45, 7) is 7.60. The van der Waals surface area contributed by atoms with E-state index in [1.54, 1.807) is 0 Å². The van der Waals surface area contributed by atoms with Crippen molar-refractivity contribution in [3.8, 4) is 5.75 Å². The second kappa shape index (κ2) is 7.53. The highest BCUT2D eigenvalue weighted by molar-refractivity contribution is 6.05. The first kappa shape index (κ1) is 20.3. The molecule has 0 N–H and O–H groups in total. The number of benzene rings is 1. The molecule has 4 saturated carbocycles. The molecule has 6 atom stereocenters. The molecule has 0 heterocycles. The summed E-state index contributed by atoms with van der Waals surface area (Å²) in [5.41, 5.74) is 2.61. The van der Waals surface area contributed by atoms with Crippen LogP contribution < -0.4 is 4.74 Å². The summed E-state index contributed by atoms with van der Waals surface area (Å²) < 4.78 is 5.57. The van der Waals surface area contributed by atoms with Gasteiger partial charge in [0.05, 0.1) is 6.61 Å². The second-order valence-corrected chi connectivity index (χ2v) is 11.1. The minimum Gasteiger partial charge on any atom is -0.494 e. The minimum absolute atomic E-state index is 0.129. The molecule has 0 spiro atoms. The summed E-state index contributed by atoms with van der Waals surface area (Å²) in [5.74, 6) is 4.42. The molecular weight excluding hydrogens is 368 g/mol. The predicted octanol–water partition coefficient (Wildman–Crippen LogP) is 7.08. The van der Waals surface area contributed by atoms with Crippen LogP contribution in [0.15, 0.2) is 29.8 Å². The molecule has 0 radical (unpaired) electrons. The van der Waals surface area contributed by atoms with Crippen molar-refractivity contribution >= 4 is 11.9 Å². The van der Waals surface area contributed by atoms with Gasteiger partial charge in [-0.15, -0.1) is 0 Å². The third kappa shape index (κ3) is 3.09. The molecule has 0 amide bonds. The van der Waals surface area contributed by atoms with Crippen molar-refractivity contribution in [3.63, 3.8) is 0 Å². The van der Waals surface area contributed by atoms with Crippen LogP contribution in [0.25, 0.3) is 6.08 Å². The van der Waals surface area contributed by atoms with Crippen LogP contribution in [0.1, 0.15) is 84.1 Å². The molecule has 0 unspecified atom stereocenters. The van der Waals surface area contributed by atoms with Gasteiger partial charge >= 0.3 is 0 Å². The molecule has 4 aliphatic carbocycles. The Morgan fingerprint density at radius 2 is 1.80 bits per heavy atom. The van der Waals surface area contributed by atoms with Crippen LogP contribution in [0.3, 0.4) is 0 Å². The molecule has 0 bridgehead atoms. The van der Waals surface area contributed by atoms with Crippen molar-refractivity contribution in [2.24, 2.45) is 34.5 Å². The van der Waals surface area contributed by atoms with Gasteiger partial charge in [-0.1, -0.05) is 38.8 Å². The van der Waals surface area contributed by atoms with Gasteiger partial charge in [0.15, 0.2) is 5.78 Å². The quantitative estimate of drug-likeness (QED) is 0.501. The number of rotatable bonds is 3. The third-order valence-corrected chi connectivity index (χ3v) is 9.76.